The van der Waals surface area contributed by atoms with Gasteiger partial charge in [0.15, 0.2) is 0 Å². The van der Waals surface area contributed by atoms with Crippen molar-refractivity contribution in [3.63, 3.8) is 0 Å². The molecule has 0 fully saturated rings. The number of phenolic OH excluding ortho intramolecular Hbond substituents is 1. The predicted octanol–water partition coefficient (Wildman–Crippen LogP) is 4.98. The van der Waals surface area contributed by atoms with Crippen molar-refractivity contribution in [3.8, 4) is 5.75 Å². The molecule has 0 aliphatic rings. The minimum atomic E-state index is -0.619. The van der Waals surface area contributed by atoms with Crippen LogP contribution in [0, 0.1) is 12.7 Å². The highest BCUT2D eigenvalue weighted by atomic mass is 19.1. The van der Waals surface area contributed by atoms with E-state index >= 15 is 0 Å². The number of hydrogen-bond acceptors (Lipinski definition) is 4. The van der Waals surface area contributed by atoms with Crippen molar-refractivity contribution in [2.75, 3.05) is 5.32 Å². The normalized spacial score (nSPS) is 12.1. The predicted molar refractivity (Wildman–Crippen MR) is 104 cm³/mol. The number of nitrogens with zero attached hydrogens (tertiary/aromatic N) is 2. The minimum Gasteiger partial charge on any atom is -0.505 e. The van der Waals surface area contributed by atoms with Gasteiger partial charge in [0, 0.05) is 28.9 Å². The van der Waals surface area contributed by atoms with Crippen molar-refractivity contribution in [2.45, 2.75) is 13.0 Å². The van der Waals surface area contributed by atoms with Crippen LogP contribution in [-0.2, 0) is 0 Å². The van der Waals surface area contributed by atoms with E-state index in [1.54, 1.807) is 30.6 Å². The van der Waals surface area contributed by atoms with Gasteiger partial charge in [0.05, 0.1) is 6.04 Å². The summed E-state index contributed by atoms with van der Waals surface area (Å²) in [4.78, 5) is 8.55. The number of aryl methyl sites for hydroxylation is 1. The number of phenols is 1. The Hall–Kier alpha value is -3.47. The summed E-state index contributed by atoms with van der Waals surface area (Å²) < 4.78 is 14.8. The summed E-state index contributed by atoms with van der Waals surface area (Å²) in [7, 11) is 0. The van der Waals surface area contributed by atoms with Gasteiger partial charge >= 0.3 is 0 Å². The van der Waals surface area contributed by atoms with Crippen LogP contribution in [0.4, 0.5) is 10.2 Å². The summed E-state index contributed by atoms with van der Waals surface area (Å²) in [5.41, 5.74) is 2.28. The summed E-state index contributed by atoms with van der Waals surface area (Å²) in [5, 5.41) is 14.9. The lowest BCUT2D eigenvalue weighted by atomic mass is 9.95. The van der Waals surface area contributed by atoms with Crippen LogP contribution in [0.15, 0.2) is 73.1 Å². The number of aromatic hydroxyl groups is 1. The molecule has 134 valence electrons. The van der Waals surface area contributed by atoms with Crippen LogP contribution >= 0.6 is 0 Å². The zero-order valence-electron chi connectivity index (χ0n) is 14.7. The van der Waals surface area contributed by atoms with Gasteiger partial charge < -0.3 is 10.4 Å². The van der Waals surface area contributed by atoms with E-state index in [1.807, 2.05) is 43.3 Å². The topological polar surface area (TPSA) is 58.0 Å². The molecule has 0 saturated carbocycles. The Bertz CT molecular complexity index is 1100. The molecule has 2 N–H and O–H groups in total. The quantitative estimate of drug-likeness (QED) is 0.539. The van der Waals surface area contributed by atoms with Crippen molar-refractivity contribution in [1.82, 2.24) is 9.97 Å². The summed E-state index contributed by atoms with van der Waals surface area (Å²) in [6.45, 7) is 1.84. The Balaban J connectivity index is 1.88. The number of anilines is 1. The van der Waals surface area contributed by atoms with Crippen LogP contribution in [0.3, 0.4) is 0 Å². The molecular formula is C22H18FN3O. The molecule has 4 aromatic rings. The molecule has 2 aromatic carbocycles. The molecule has 27 heavy (non-hydrogen) atoms. The van der Waals surface area contributed by atoms with Gasteiger partial charge in [-0.1, -0.05) is 36.4 Å². The number of rotatable bonds is 4. The third-order valence-corrected chi connectivity index (χ3v) is 4.51. The molecule has 4 nitrogen and oxygen atoms in total. The third-order valence-electron chi connectivity index (χ3n) is 4.51. The molecule has 2 heterocycles. The Kier molecular flexibility index (Phi) is 4.42. The van der Waals surface area contributed by atoms with Crippen molar-refractivity contribution in [3.05, 3.63) is 95.6 Å². The number of nitrogens with one attached hydrogen (secondary N) is 1. The molecule has 0 saturated heterocycles. The van der Waals surface area contributed by atoms with E-state index in [9.17, 15) is 9.50 Å². The number of benzene rings is 2. The number of aromatic nitrogens is 2. The van der Waals surface area contributed by atoms with E-state index in [0.717, 1.165) is 10.9 Å². The summed E-state index contributed by atoms with van der Waals surface area (Å²) >= 11 is 0. The second kappa shape index (κ2) is 7.03. The third kappa shape index (κ3) is 3.31. The molecule has 4 rings (SSSR count). The van der Waals surface area contributed by atoms with Crippen molar-refractivity contribution < 1.29 is 9.50 Å². The van der Waals surface area contributed by atoms with Gasteiger partial charge in [-0.3, -0.25) is 4.98 Å². The fourth-order valence-electron chi connectivity index (χ4n) is 3.16. The fraction of sp³-hybridized carbons (Fsp3) is 0.0909. The van der Waals surface area contributed by atoms with Crippen LogP contribution in [0.5, 0.6) is 5.75 Å². The molecule has 1 unspecified atom stereocenters. The zero-order chi connectivity index (χ0) is 18.8. The Morgan fingerprint density at radius 2 is 1.74 bits per heavy atom. The Morgan fingerprint density at radius 1 is 0.926 bits per heavy atom. The number of fused-ring (bicyclic) bond motifs is 1. The second-order valence-electron chi connectivity index (χ2n) is 6.40. The molecular weight excluding hydrogens is 341 g/mol. The Morgan fingerprint density at radius 3 is 2.52 bits per heavy atom. The molecule has 0 radical (unpaired) electrons. The summed E-state index contributed by atoms with van der Waals surface area (Å²) in [5.74, 6) is 0.272. The number of hydrogen-bond donors (Lipinski definition) is 2. The highest BCUT2D eigenvalue weighted by molar-refractivity contribution is 5.86. The molecule has 5 heteroatoms. The number of halogens is 1. The standard InChI is InChI=1S/C22H18FN3O/c1-14-7-9-16(18(23)13-14)21(26-19-6-2-3-11-24-19)17-10-8-15-5-4-12-25-20(15)22(17)27/h2-13,21,27H,1H3,(H,24,26). The van der Waals surface area contributed by atoms with Crippen LogP contribution in [0.2, 0.25) is 0 Å². The first-order valence-corrected chi connectivity index (χ1v) is 8.63. The van der Waals surface area contributed by atoms with Gasteiger partial charge in [0.25, 0.3) is 0 Å². The minimum absolute atomic E-state index is 0.0292. The van der Waals surface area contributed by atoms with Crippen LogP contribution in [0.1, 0.15) is 22.7 Å². The van der Waals surface area contributed by atoms with Gasteiger partial charge in [-0.15, -0.1) is 0 Å². The van der Waals surface area contributed by atoms with E-state index in [-0.39, 0.29) is 11.6 Å². The van der Waals surface area contributed by atoms with Gasteiger partial charge in [-0.05, 0) is 36.8 Å². The van der Waals surface area contributed by atoms with E-state index in [4.69, 9.17) is 0 Å². The lowest BCUT2D eigenvalue weighted by Gasteiger charge is -2.22. The maximum atomic E-state index is 14.8. The maximum Gasteiger partial charge on any atom is 0.147 e. The largest absolute Gasteiger partial charge is 0.505 e. The van der Waals surface area contributed by atoms with Crippen molar-refractivity contribution in [1.29, 1.82) is 0 Å². The van der Waals surface area contributed by atoms with E-state index in [2.05, 4.69) is 15.3 Å². The average molecular weight is 359 g/mol. The molecule has 0 aliphatic heterocycles. The van der Waals surface area contributed by atoms with Crippen LogP contribution in [-0.4, -0.2) is 15.1 Å². The Labute approximate surface area is 156 Å². The molecule has 0 bridgehead atoms. The monoisotopic (exact) mass is 359 g/mol. The molecule has 0 amide bonds. The highest BCUT2D eigenvalue weighted by Crippen LogP contribution is 2.37. The van der Waals surface area contributed by atoms with Crippen LogP contribution < -0.4 is 5.32 Å². The SMILES string of the molecule is Cc1ccc(C(Nc2ccccn2)c2ccc3cccnc3c2O)c(F)c1. The highest BCUT2D eigenvalue weighted by Gasteiger charge is 2.23. The van der Waals surface area contributed by atoms with E-state index in [1.165, 1.54) is 6.07 Å². The first-order chi connectivity index (χ1) is 13.1. The first-order valence-electron chi connectivity index (χ1n) is 8.63. The molecule has 1 atom stereocenters. The molecule has 0 aliphatic carbocycles. The van der Waals surface area contributed by atoms with Gasteiger partial charge in [0.1, 0.15) is 22.9 Å². The maximum absolute atomic E-state index is 14.8. The molecule has 0 spiro atoms. The van der Waals surface area contributed by atoms with Crippen molar-refractivity contribution in [2.24, 2.45) is 0 Å². The lowest BCUT2D eigenvalue weighted by Crippen LogP contribution is -2.15. The average Bonchev–Trinajstić information content (AvgIpc) is 2.68. The van der Waals surface area contributed by atoms with E-state index < -0.39 is 6.04 Å². The van der Waals surface area contributed by atoms with Crippen LogP contribution in [0.25, 0.3) is 10.9 Å². The smallest absolute Gasteiger partial charge is 0.147 e. The van der Waals surface area contributed by atoms with Gasteiger partial charge in [-0.2, -0.15) is 0 Å². The summed E-state index contributed by atoms with van der Waals surface area (Å²) in [6, 6.07) is 17.2. The second-order valence-corrected chi connectivity index (χ2v) is 6.40. The molecule has 2 aromatic heterocycles. The zero-order valence-corrected chi connectivity index (χ0v) is 14.7. The fourth-order valence-corrected chi connectivity index (χ4v) is 3.16. The van der Waals surface area contributed by atoms with Gasteiger partial charge in [0.2, 0.25) is 0 Å². The first kappa shape index (κ1) is 17.0. The summed E-state index contributed by atoms with van der Waals surface area (Å²) in [6.07, 6.45) is 3.28. The van der Waals surface area contributed by atoms with E-state index in [0.29, 0.717) is 22.5 Å². The van der Waals surface area contributed by atoms with Crippen molar-refractivity contribution >= 4 is 16.7 Å². The van der Waals surface area contributed by atoms with Gasteiger partial charge in [-0.25, -0.2) is 9.37 Å². The lowest BCUT2D eigenvalue weighted by molar-refractivity contribution is 0.470. The number of pyridine rings is 2.